The minimum absolute atomic E-state index is 0.184. The first-order valence-corrected chi connectivity index (χ1v) is 9.42. The maximum Gasteiger partial charge on any atom is 0.343 e. The summed E-state index contributed by atoms with van der Waals surface area (Å²) in [5.74, 6) is 0.324. The highest BCUT2D eigenvalue weighted by Crippen LogP contribution is 2.37. The highest BCUT2D eigenvalue weighted by atomic mass is 79.9. The summed E-state index contributed by atoms with van der Waals surface area (Å²) >= 11 is 3.39. The van der Waals surface area contributed by atoms with Crippen LogP contribution in [0, 0.1) is 6.92 Å². The molecule has 1 aliphatic heterocycles. The Morgan fingerprint density at radius 1 is 1.04 bits per heavy atom. The van der Waals surface area contributed by atoms with Gasteiger partial charge in [-0.15, -0.1) is 0 Å². The number of carbonyl (C=O) groups is 2. The highest BCUT2D eigenvalue weighted by molar-refractivity contribution is 9.10. The average Bonchev–Trinajstić information content (AvgIpc) is 3.00. The van der Waals surface area contributed by atoms with Crippen LogP contribution in [0.25, 0.3) is 6.08 Å². The molecule has 3 aromatic rings. The number of benzene rings is 3. The molecular weight excluding hydrogens is 420 g/mol. The van der Waals surface area contributed by atoms with E-state index < -0.39 is 5.97 Å². The maximum atomic E-state index is 12.7. The van der Waals surface area contributed by atoms with E-state index in [1.807, 2.05) is 30.3 Å². The lowest BCUT2D eigenvalue weighted by Gasteiger charge is -2.07. The summed E-state index contributed by atoms with van der Waals surface area (Å²) in [7, 11) is 0. The molecule has 0 atom stereocenters. The van der Waals surface area contributed by atoms with Gasteiger partial charge in [-0.05, 0) is 54.5 Å². The Bertz CT molecular complexity index is 1100. The van der Waals surface area contributed by atoms with Gasteiger partial charge in [-0.2, -0.15) is 0 Å². The molecule has 0 bridgehead atoms. The molecule has 1 heterocycles. The van der Waals surface area contributed by atoms with Crippen LogP contribution in [0.1, 0.15) is 31.8 Å². The first-order chi connectivity index (χ1) is 13.5. The Morgan fingerprint density at radius 3 is 2.46 bits per heavy atom. The molecule has 0 saturated heterocycles. The van der Waals surface area contributed by atoms with E-state index in [9.17, 15) is 9.59 Å². The smallest absolute Gasteiger partial charge is 0.343 e. The van der Waals surface area contributed by atoms with Crippen LogP contribution in [0.3, 0.4) is 0 Å². The van der Waals surface area contributed by atoms with Gasteiger partial charge in [-0.3, -0.25) is 4.79 Å². The second-order valence-electron chi connectivity index (χ2n) is 6.36. The lowest BCUT2D eigenvalue weighted by atomic mass is 10.0. The summed E-state index contributed by atoms with van der Waals surface area (Å²) in [6, 6.07) is 19.5. The third kappa shape index (κ3) is 3.62. The molecule has 0 spiro atoms. The Hall–Kier alpha value is -3.18. The average molecular weight is 435 g/mol. The minimum Gasteiger partial charge on any atom is -0.452 e. The van der Waals surface area contributed by atoms with Crippen molar-refractivity contribution in [1.29, 1.82) is 0 Å². The molecule has 0 saturated carbocycles. The van der Waals surface area contributed by atoms with Crippen LogP contribution in [-0.2, 0) is 0 Å². The first kappa shape index (κ1) is 18.2. The summed E-state index contributed by atoms with van der Waals surface area (Å²) in [6.07, 6.45) is 1.70. The normalized spacial score (nSPS) is 13.9. The molecule has 1 aliphatic rings. The van der Waals surface area contributed by atoms with E-state index in [-0.39, 0.29) is 11.5 Å². The van der Waals surface area contributed by atoms with Crippen molar-refractivity contribution >= 4 is 33.8 Å². The largest absolute Gasteiger partial charge is 0.452 e. The molecular formula is C23H15BrO4. The fourth-order valence-corrected chi connectivity index (χ4v) is 3.25. The zero-order valence-corrected chi connectivity index (χ0v) is 16.5. The quantitative estimate of drug-likeness (QED) is 0.306. The standard InChI is InChI=1S/C23H15BrO4/c1-14-11-18(27-23(26)16-5-3-2-4-6-16)13-19-21(14)22(25)20(28-19)12-15-7-9-17(24)10-8-15/h2-13H,1H3/b20-12-. The van der Waals surface area contributed by atoms with E-state index in [0.717, 1.165) is 10.0 Å². The molecule has 138 valence electrons. The Labute approximate surface area is 170 Å². The summed E-state index contributed by atoms with van der Waals surface area (Å²) in [5.41, 5.74) is 2.49. The van der Waals surface area contributed by atoms with E-state index >= 15 is 0 Å². The minimum atomic E-state index is -0.463. The van der Waals surface area contributed by atoms with Gasteiger partial charge in [-0.25, -0.2) is 4.79 Å². The number of halogens is 1. The van der Waals surface area contributed by atoms with Gasteiger partial charge >= 0.3 is 5.97 Å². The zero-order valence-electron chi connectivity index (χ0n) is 14.9. The Morgan fingerprint density at radius 2 is 1.75 bits per heavy atom. The first-order valence-electron chi connectivity index (χ1n) is 8.63. The van der Waals surface area contributed by atoms with Crippen LogP contribution >= 0.6 is 15.9 Å². The van der Waals surface area contributed by atoms with Crippen molar-refractivity contribution in [2.75, 3.05) is 0 Å². The Kier molecular flexibility index (Phi) is 4.84. The second-order valence-corrected chi connectivity index (χ2v) is 7.28. The van der Waals surface area contributed by atoms with Gasteiger partial charge in [0.2, 0.25) is 5.78 Å². The van der Waals surface area contributed by atoms with Crippen LogP contribution in [0.15, 0.2) is 77.0 Å². The fraction of sp³-hybridized carbons (Fsp3) is 0.0435. The van der Waals surface area contributed by atoms with Crippen LogP contribution < -0.4 is 9.47 Å². The van der Waals surface area contributed by atoms with Crippen molar-refractivity contribution in [3.63, 3.8) is 0 Å². The van der Waals surface area contributed by atoms with Crippen molar-refractivity contribution in [2.24, 2.45) is 0 Å². The molecule has 4 rings (SSSR count). The van der Waals surface area contributed by atoms with Gasteiger partial charge in [0.25, 0.3) is 0 Å². The summed E-state index contributed by atoms with van der Waals surface area (Å²) < 4.78 is 12.2. The number of ketones is 1. The second kappa shape index (κ2) is 7.44. The molecule has 4 nitrogen and oxygen atoms in total. The van der Waals surface area contributed by atoms with Crippen molar-refractivity contribution in [3.8, 4) is 11.5 Å². The molecule has 0 aromatic heterocycles. The zero-order chi connectivity index (χ0) is 19.7. The molecule has 0 radical (unpaired) electrons. The molecule has 0 N–H and O–H groups in total. The number of esters is 1. The number of rotatable bonds is 3. The number of fused-ring (bicyclic) bond motifs is 1. The molecule has 5 heteroatoms. The summed E-state index contributed by atoms with van der Waals surface area (Å²) in [6.45, 7) is 1.79. The van der Waals surface area contributed by atoms with E-state index in [0.29, 0.717) is 28.2 Å². The van der Waals surface area contributed by atoms with E-state index in [2.05, 4.69) is 15.9 Å². The Balaban J connectivity index is 1.61. The molecule has 0 amide bonds. The van der Waals surface area contributed by atoms with Crippen LogP contribution in [0.2, 0.25) is 0 Å². The number of hydrogen-bond donors (Lipinski definition) is 0. The topological polar surface area (TPSA) is 52.6 Å². The van der Waals surface area contributed by atoms with E-state index in [4.69, 9.17) is 9.47 Å². The van der Waals surface area contributed by atoms with Crippen LogP contribution in [-0.4, -0.2) is 11.8 Å². The molecule has 0 aliphatic carbocycles. The lowest BCUT2D eigenvalue weighted by Crippen LogP contribution is -2.08. The predicted molar refractivity (Wildman–Crippen MR) is 110 cm³/mol. The van der Waals surface area contributed by atoms with E-state index in [1.165, 1.54) is 0 Å². The number of carbonyl (C=O) groups excluding carboxylic acids is 2. The molecule has 0 fully saturated rings. The van der Waals surface area contributed by atoms with Gasteiger partial charge in [0.15, 0.2) is 5.76 Å². The number of aryl methyl sites for hydroxylation is 1. The summed E-state index contributed by atoms with van der Waals surface area (Å²) in [4.78, 5) is 25.0. The molecule has 3 aromatic carbocycles. The van der Waals surface area contributed by atoms with Gasteiger partial charge in [0.05, 0.1) is 11.1 Å². The van der Waals surface area contributed by atoms with Crippen LogP contribution in [0.4, 0.5) is 0 Å². The number of ether oxygens (including phenoxy) is 2. The predicted octanol–water partition coefficient (Wildman–Crippen LogP) is 5.59. The van der Waals surface area contributed by atoms with Gasteiger partial charge in [0.1, 0.15) is 11.5 Å². The number of hydrogen-bond acceptors (Lipinski definition) is 4. The summed E-state index contributed by atoms with van der Waals surface area (Å²) in [5, 5.41) is 0. The van der Waals surface area contributed by atoms with E-state index in [1.54, 1.807) is 49.4 Å². The van der Waals surface area contributed by atoms with Crippen molar-refractivity contribution in [1.82, 2.24) is 0 Å². The SMILES string of the molecule is Cc1cc(OC(=O)c2ccccc2)cc2c1C(=O)/C(=C/c1ccc(Br)cc1)O2. The monoisotopic (exact) mass is 434 g/mol. The highest BCUT2D eigenvalue weighted by Gasteiger charge is 2.30. The number of Topliss-reactive ketones (excluding diaryl/α,β-unsaturated/α-hetero) is 1. The molecule has 0 unspecified atom stereocenters. The van der Waals surface area contributed by atoms with Crippen molar-refractivity contribution < 1.29 is 19.1 Å². The van der Waals surface area contributed by atoms with Gasteiger partial charge in [0, 0.05) is 10.5 Å². The fourth-order valence-electron chi connectivity index (χ4n) is 2.99. The lowest BCUT2D eigenvalue weighted by molar-refractivity contribution is 0.0734. The van der Waals surface area contributed by atoms with Crippen molar-refractivity contribution in [3.05, 3.63) is 99.2 Å². The van der Waals surface area contributed by atoms with Crippen LogP contribution in [0.5, 0.6) is 11.5 Å². The molecule has 28 heavy (non-hydrogen) atoms. The van der Waals surface area contributed by atoms with Gasteiger partial charge in [-0.1, -0.05) is 46.3 Å². The third-order valence-electron chi connectivity index (χ3n) is 4.33. The third-order valence-corrected chi connectivity index (χ3v) is 4.86. The van der Waals surface area contributed by atoms with Crippen molar-refractivity contribution in [2.45, 2.75) is 6.92 Å². The number of allylic oxidation sites excluding steroid dienone is 1. The maximum absolute atomic E-state index is 12.7. The van der Waals surface area contributed by atoms with Gasteiger partial charge < -0.3 is 9.47 Å².